The van der Waals surface area contributed by atoms with E-state index < -0.39 is 18.0 Å². The Morgan fingerprint density at radius 1 is 0.935 bits per heavy atom. The van der Waals surface area contributed by atoms with Crippen LogP contribution in [-0.2, 0) is 17.8 Å². The molecule has 0 bridgehead atoms. The Kier molecular flexibility index (Phi) is 5.89. The number of ether oxygens (including phenoxy) is 1. The molecule has 1 atom stereocenters. The molecule has 0 saturated heterocycles. The predicted molar refractivity (Wildman–Crippen MR) is 114 cm³/mol. The van der Waals surface area contributed by atoms with E-state index in [9.17, 15) is 14.7 Å². The number of phenols is 1. The number of aromatic nitrogens is 3. The fraction of sp³-hybridized carbons (Fsp3) is 0.130. The van der Waals surface area contributed by atoms with Crippen molar-refractivity contribution in [2.45, 2.75) is 19.1 Å². The lowest BCUT2D eigenvalue weighted by Gasteiger charge is -2.18. The highest BCUT2D eigenvalue weighted by molar-refractivity contribution is 5.93. The van der Waals surface area contributed by atoms with Crippen LogP contribution in [0.15, 0.2) is 78.9 Å². The van der Waals surface area contributed by atoms with Crippen molar-refractivity contribution in [1.82, 2.24) is 20.3 Å². The molecule has 4 rings (SSSR count). The molecule has 0 radical (unpaired) electrons. The SMILES string of the molecule is O=C(N[C@@H](Cc1ccc(O)cc1)C(=O)n1nnc2ccccc21)OCc1ccccc1. The fourth-order valence-corrected chi connectivity index (χ4v) is 3.15. The minimum absolute atomic E-state index is 0.0824. The number of amides is 1. The molecule has 4 aromatic rings. The van der Waals surface area contributed by atoms with Crippen LogP contribution in [0.25, 0.3) is 11.0 Å². The maximum Gasteiger partial charge on any atom is 0.408 e. The van der Waals surface area contributed by atoms with Crippen molar-refractivity contribution in [1.29, 1.82) is 0 Å². The van der Waals surface area contributed by atoms with E-state index in [1.54, 1.807) is 36.4 Å². The van der Waals surface area contributed by atoms with E-state index in [1.165, 1.54) is 16.8 Å². The number of carbonyl (C=O) groups is 2. The first-order valence-electron chi connectivity index (χ1n) is 9.70. The summed E-state index contributed by atoms with van der Waals surface area (Å²) in [6.07, 6.45) is -0.529. The van der Waals surface area contributed by atoms with E-state index in [4.69, 9.17) is 4.74 Å². The van der Waals surface area contributed by atoms with Gasteiger partial charge in [0.25, 0.3) is 5.91 Å². The highest BCUT2D eigenvalue weighted by atomic mass is 16.5. The zero-order valence-electron chi connectivity index (χ0n) is 16.5. The van der Waals surface area contributed by atoms with Gasteiger partial charge in [0, 0.05) is 6.42 Å². The van der Waals surface area contributed by atoms with E-state index in [2.05, 4.69) is 15.6 Å². The average Bonchev–Trinajstić information content (AvgIpc) is 3.23. The Bertz CT molecular complexity index is 1190. The number of nitrogens with zero attached hydrogens (tertiary/aromatic N) is 3. The number of aromatic hydroxyl groups is 1. The quantitative estimate of drug-likeness (QED) is 0.499. The average molecular weight is 416 g/mol. The molecular weight excluding hydrogens is 396 g/mol. The van der Waals surface area contributed by atoms with Crippen molar-refractivity contribution in [2.75, 3.05) is 0 Å². The van der Waals surface area contributed by atoms with Crippen LogP contribution in [0.4, 0.5) is 4.79 Å². The van der Waals surface area contributed by atoms with Gasteiger partial charge < -0.3 is 15.2 Å². The third-order valence-electron chi connectivity index (χ3n) is 4.74. The van der Waals surface area contributed by atoms with Crippen molar-refractivity contribution >= 4 is 23.0 Å². The van der Waals surface area contributed by atoms with Crippen LogP contribution in [-0.4, -0.2) is 38.1 Å². The second-order valence-electron chi connectivity index (χ2n) is 6.96. The van der Waals surface area contributed by atoms with Gasteiger partial charge in [-0.25, -0.2) is 4.79 Å². The summed E-state index contributed by atoms with van der Waals surface area (Å²) in [5.74, 6) is -0.331. The molecule has 2 N–H and O–H groups in total. The summed E-state index contributed by atoms with van der Waals surface area (Å²) in [6, 6.07) is 21.8. The van der Waals surface area contributed by atoms with Gasteiger partial charge in [-0.2, -0.15) is 4.68 Å². The molecule has 1 aromatic heterocycles. The third kappa shape index (κ3) is 4.87. The zero-order chi connectivity index (χ0) is 21.6. The number of carbonyl (C=O) groups excluding carboxylic acids is 2. The smallest absolute Gasteiger partial charge is 0.408 e. The van der Waals surface area contributed by atoms with E-state index in [0.717, 1.165) is 11.1 Å². The number of phenolic OH excluding ortho intramolecular Hbond substituents is 1. The maximum atomic E-state index is 13.2. The molecule has 1 heterocycles. The summed E-state index contributed by atoms with van der Waals surface area (Å²) in [7, 11) is 0. The Hall–Kier alpha value is -4.20. The van der Waals surface area contributed by atoms with Gasteiger partial charge >= 0.3 is 6.09 Å². The minimum Gasteiger partial charge on any atom is -0.508 e. The number of fused-ring (bicyclic) bond motifs is 1. The molecule has 8 nitrogen and oxygen atoms in total. The van der Waals surface area contributed by atoms with E-state index in [1.807, 2.05) is 30.3 Å². The van der Waals surface area contributed by atoms with Gasteiger partial charge in [0.1, 0.15) is 23.9 Å². The van der Waals surface area contributed by atoms with Crippen molar-refractivity contribution in [2.24, 2.45) is 0 Å². The van der Waals surface area contributed by atoms with Crippen LogP contribution in [0.3, 0.4) is 0 Å². The first kappa shape index (κ1) is 20.1. The van der Waals surface area contributed by atoms with Crippen molar-refractivity contribution < 1.29 is 19.4 Å². The molecule has 156 valence electrons. The molecule has 0 spiro atoms. The van der Waals surface area contributed by atoms with Gasteiger partial charge in [-0.15, -0.1) is 5.10 Å². The summed E-state index contributed by atoms with van der Waals surface area (Å²) in [5.41, 5.74) is 2.71. The first-order chi connectivity index (χ1) is 15.1. The minimum atomic E-state index is -0.946. The number of para-hydroxylation sites is 1. The molecule has 8 heteroatoms. The Morgan fingerprint density at radius 3 is 2.42 bits per heavy atom. The summed E-state index contributed by atoms with van der Waals surface area (Å²) < 4.78 is 6.46. The maximum absolute atomic E-state index is 13.2. The van der Waals surface area contributed by atoms with Crippen molar-refractivity contribution in [3.05, 3.63) is 90.0 Å². The second-order valence-corrected chi connectivity index (χ2v) is 6.96. The Morgan fingerprint density at radius 2 is 1.65 bits per heavy atom. The van der Waals surface area contributed by atoms with Crippen LogP contribution in [0.1, 0.15) is 15.9 Å². The molecule has 0 aliphatic carbocycles. The van der Waals surface area contributed by atoms with Gasteiger partial charge in [0.2, 0.25) is 0 Å². The lowest BCUT2D eigenvalue weighted by atomic mass is 10.1. The molecule has 3 aromatic carbocycles. The highest BCUT2D eigenvalue weighted by Gasteiger charge is 2.26. The summed E-state index contributed by atoms with van der Waals surface area (Å²) >= 11 is 0. The summed E-state index contributed by atoms with van der Waals surface area (Å²) in [6.45, 7) is 0.0824. The molecular formula is C23H20N4O4. The summed E-state index contributed by atoms with van der Waals surface area (Å²) in [5, 5.41) is 20.1. The molecule has 0 aliphatic rings. The normalized spacial score (nSPS) is 11.7. The number of benzene rings is 3. The molecule has 0 aliphatic heterocycles. The van der Waals surface area contributed by atoms with E-state index in [0.29, 0.717) is 11.0 Å². The van der Waals surface area contributed by atoms with Gasteiger partial charge in [-0.05, 0) is 35.4 Å². The fourth-order valence-electron chi connectivity index (χ4n) is 3.15. The number of hydrogen-bond donors (Lipinski definition) is 2. The first-order valence-corrected chi connectivity index (χ1v) is 9.70. The number of nitrogens with one attached hydrogen (secondary N) is 1. The number of rotatable bonds is 6. The lowest BCUT2D eigenvalue weighted by Crippen LogP contribution is -2.45. The van der Waals surface area contributed by atoms with Gasteiger partial charge in [-0.1, -0.05) is 59.8 Å². The highest BCUT2D eigenvalue weighted by Crippen LogP contribution is 2.15. The monoisotopic (exact) mass is 416 g/mol. The van der Waals surface area contributed by atoms with Crippen LogP contribution in [0.2, 0.25) is 0 Å². The van der Waals surface area contributed by atoms with Crippen LogP contribution < -0.4 is 5.32 Å². The van der Waals surface area contributed by atoms with Crippen LogP contribution in [0.5, 0.6) is 5.75 Å². The number of alkyl carbamates (subject to hydrolysis) is 1. The van der Waals surface area contributed by atoms with Crippen LogP contribution >= 0.6 is 0 Å². The van der Waals surface area contributed by atoms with E-state index >= 15 is 0 Å². The lowest BCUT2D eigenvalue weighted by molar-refractivity contribution is 0.0824. The third-order valence-corrected chi connectivity index (χ3v) is 4.74. The topological polar surface area (TPSA) is 106 Å². The Labute approximate surface area is 178 Å². The Balaban J connectivity index is 1.54. The summed E-state index contributed by atoms with van der Waals surface area (Å²) in [4.78, 5) is 25.7. The largest absolute Gasteiger partial charge is 0.508 e. The number of hydrogen-bond acceptors (Lipinski definition) is 6. The molecule has 1 amide bonds. The van der Waals surface area contributed by atoms with Gasteiger partial charge in [0.05, 0.1) is 5.52 Å². The molecule has 0 unspecified atom stereocenters. The predicted octanol–water partition coefficient (Wildman–Crippen LogP) is 3.31. The van der Waals surface area contributed by atoms with Gasteiger partial charge in [-0.3, -0.25) is 4.79 Å². The van der Waals surface area contributed by atoms with E-state index in [-0.39, 0.29) is 18.8 Å². The standard InChI is InChI=1S/C23H20N4O4/c28-18-12-10-16(11-13-18)14-20(24-23(30)31-15-17-6-2-1-3-7-17)22(29)27-21-9-5-4-8-19(21)25-26-27/h1-13,20,28H,14-15H2,(H,24,30)/t20-/m0/s1. The molecule has 0 saturated carbocycles. The molecule has 31 heavy (non-hydrogen) atoms. The zero-order valence-corrected chi connectivity index (χ0v) is 16.5. The van der Waals surface area contributed by atoms with Gasteiger partial charge in [0.15, 0.2) is 0 Å². The second kappa shape index (κ2) is 9.08. The molecule has 0 fully saturated rings. The van der Waals surface area contributed by atoms with Crippen LogP contribution in [0, 0.1) is 0 Å². The van der Waals surface area contributed by atoms with Crippen molar-refractivity contribution in [3.8, 4) is 5.75 Å². The van der Waals surface area contributed by atoms with Crippen molar-refractivity contribution in [3.63, 3.8) is 0 Å².